The van der Waals surface area contributed by atoms with Crippen LogP contribution in [-0.4, -0.2) is 67.6 Å². The lowest BCUT2D eigenvalue weighted by Gasteiger charge is -2.34. The number of rotatable bonds is 6. The molecule has 24 heavy (non-hydrogen) atoms. The molecule has 2 unspecified atom stereocenters. The van der Waals surface area contributed by atoms with E-state index in [0.717, 1.165) is 45.3 Å². The van der Waals surface area contributed by atoms with Crippen LogP contribution in [0.25, 0.3) is 0 Å². The normalized spacial score (nSPS) is 24.5. The molecule has 138 valence electrons. The van der Waals surface area contributed by atoms with Gasteiger partial charge >= 0.3 is 6.03 Å². The molecule has 0 bridgehead atoms. The zero-order valence-electron chi connectivity index (χ0n) is 15.5. The molecule has 2 N–H and O–H groups in total. The predicted octanol–water partition coefficient (Wildman–Crippen LogP) is 1.66. The minimum Gasteiger partial charge on any atom is -0.338 e. The Labute approximate surface area is 146 Å². The van der Waals surface area contributed by atoms with Gasteiger partial charge in [-0.1, -0.05) is 13.8 Å². The molecule has 2 aliphatic rings. The zero-order chi connectivity index (χ0) is 17.5. The van der Waals surface area contributed by atoms with Crippen molar-refractivity contribution < 1.29 is 9.59 Å². The smallest absolute Gasteiger partial charge is 0.317 e. The number of piperidine rings is 1. The largest absolute Gasteiger partial charge is 0.338 e. The first kappa shape index (κ1) is 19.0. The average molecular weight is 338 g/mol. The van der Waals surface area contributed by atoms with Crippen molar-refractivity contribution >= 4 is 11.9 Å². The van der Waals surface area contributed by atoms with Crippen molar-refractivity contribution in [2.75, 3.05) is 39.8 Å². The maximum atomic E-state index is 12.7. The third-order valence-corrected chi connectivity index (χ3v) is 5.07. The summed E-state index contributed by atoms with van der Waals surface area (Å²) in [7, 11) is 1.94. The van der Waals surface area contributed by atoms with E-state index in [2.05, 4.69) is 24.5 Å². The molecular formula is C18H34N4O2. The third-order valence-electron chi connectivity index (χ3n) is 5.07. The van der Waals surface area contributed by atoms with Crippen LogP contribution in [0.15, 0.2) is 0 Å². The first-order chi connectivity index (χ1) is 11.5. The van der Waals surface area contributed by atoms with Gasteiger partial charge < -0.3 is 20.4 Å². The maximum absolute atomic E-state index is 12.7. The zero-order valence-corrected chi connectivity index (χ0v) is 15.5. The Balaban J connectivity index is 1.81. The highest BCUT2D eigenvalue weighted by Crippen LogP contribution is 2.24. The van der Waals surface area contributed by atoms with Crippen molar-refractivity contribution in [1.29, 1.82) is 0 Å². The molecule has 0 aromatic carbocycles. The second-order valence-electron chi connectivity index (χ2n) is 7.68. The monoisotopic (exact) mass is 338 g/mol. The molecule has 2 rings (SSSR count). The van der Waals surface area contributed by atoms with Crippen LogP contribution in [-0.2, 0) is 4.79 Å². The van der Waals surface area contributed by atoms with Gasteiger partial charge in [-0.2, -0.15) is 0 Å². The van der Waals surface area contributed by atoms with Crippen molar-refractivity contribution in [3.63, 3.8) is 0 Å². The van der Waals surface area contributed by atoms with E-state index < -0.39 is 0 Å². The Morgan fingerprint density at radius 2 is 1.92 bits per heavy atom. The molecule has 0 aromatic rings. The number of urea groups is 1. The van der Waals surface area contributed by atoms with Crippen LogP contribution >= 0.6 is 0 Å². The fourth-order valence-corrected chi connectivity index (χ4v) is 3.80. The van der Waals surface area contributed by atoms with E-state index in [-0.39, 0.29) is 11.9 Å². The molecule has 2 saturated heterocycles. The van der Waals surface area contributed by atoms with Gasteiger partial charge in [-0.3, -0.25) is 4.79 Å². The van der Waals surface area contributed by atoms with Crippen LogP contribution in [0.3, 0.4) is 0 Å². The number of carbonyl (C=O) groups excluding carboxylic acids is 2. The first-order valence-electron chi connectivity index (χ1n) is 9.48. The molecule has 6 heteroatoms. The molecule has 0 aromatic heterocycles. The number of carbonyl (C=O) groups is 2. The van der Waals surface area contributed by atoms with E-state index in [0.29, 0.717) is 37.4 Å². The van der Waals surface area contributed by atoms with Crippen LogP contribution in [0.2, 0.25) is 0 Å². The summed E-state index contributed by atoms with van der Waals surface area (Å²) in [5, 5.41) is 6.18. The Bertz CT molecular complexity index is 427. The van der Waals surface area contributed by atoms with E-state index in [1.54, 1.807) is 0 Å². The fourth-order valence-electron chi connectivity index (χ4n) is 3.80. The molecule has 6 nitrogen and oxygen atoms in total. The average Bonchev–Trinajstić information content (AvgIpc) is 3.01. The number of hydrogen-bond donors (Lipinski definition) is 2. The fraction of sp³-hybridized carbons (Fsp3) is 0.889. The Morgan fingerprint density at radius 3 is 2.62 bits per heavy atom. The molecule has 0 saturated carbocycles. The standard InChI is InChI=1S/C18H34N4O2/c1-14(2)11-20-18(24)21-8-4-6-15(13-21)10-17(23)22-9-5-7-16(22)12-19-3/h14-16,19H,4-13H2,1-3H3,(H,20,24). The molecule has 3 amide bonds. The van der Waals surface area contributed by atoms with Gasteiger partial charge in [0.15, 0.2) is 0 Å². The van der Waals surface area contributed by atoms with Crippen LogP contribution in [0, 0.1) is 11.8 Å². The third kappa shape index (κ3) is 5.36. The maximum Gasteiger partial charge on any atom is 0.317 e. The number of nitrogens with one attached hydrogen (secondary N) is 2. The summed E-state index contributed by atoms with van der Waals surface area (Å²) in [5.74, 6) is 1.02. The minimum absolute atomic E-state index is 0.0232. The lowest BCUT2D eigenvalue weighted by Crippen LogP contribution is -2.47. The van der Waals surface area contributed by atoms with Gasteiger partial charge in [0.1, 0.15) is 0 Å². The van der Waals surface area contributed by atoms with Gasteiger partial charge in [0.25, 0.3) is 0 Å². The summed E-state index contributed by atoms with van der Waals surface area (Å²) in [5.41, 5.74) is 0. The minimum atomic E-state index is 0.0232. The quantitative estimate of drug-likeness (QED) is 0.774. The number of nitrogens with zero attached hydrogens (tertiary/aromatic N) is 2. The van der Waals surface area contributed by atoms with Crippen molar-refractivity contribution in [1.82, 2.24) is 20.4 Å². The van der Waals surface area contributed by atoms with Gasteiger partial charge in [-0.05, 0) is 44.6 Å². The van der Waals surface area contributed by atoms with Crippen LogP contribution in [0.4, 0.5) is 4.79 Å². The summed E-state index contributed by atoms with van der Waals surface area (Å²) < 4.78 is 0. The van der Waals surface area contributed by atoms with Crippen LogP contribution in [0.5, 0.6) is 0 Å². The van der Waals surface area contributed by atoms with Gasteiger partial charge in [0.2, 0.25) is 5.91 Å². The van der Waals surface area contributed by atoms with Crippen LogP contribution in [0.1, 0.15) is 46.0 Å². The molecular weight excluding hydrogens is 304 g/mol. The van der Waals surface area contributed by atoms with E-state index in [1.165, 1.54) is 0 Å². The Hall–Kier alpha value is -1.30. The van der Waals surface area contributed by atoms with E-state index in [1.807, 2.05) is 16.8 Å². The second kappa shape index (κ2) is 9.25. The lowest BCUT2D eigenvalue weighted by atomic mass is 9.94. The molecule has 0 aliphatic carbocycles. The first-order valence-corrected chi connectivity index (χ1v) is 9.48. The molecule has 2 heterocycles. The Morgan fingerprint density at radius 1 is 1.17 bits per heavy atom. The summed E-state index contributed by atoms with van der Waals surface area (Å²) >= 11 is 0. The highest BCUT2D eigenvalue weighted by atomic mass is 16.2. The molecule has 0 spiro atoms. The number of likely N-dealkylation sites (tertiary alicyclic amines) is 2. The highest BCUT2D eigenvalue weighted by molar-refractivity contribution is 5.77. The molecule has 2 aliphatic heterocycles. The molecule has 2 atom stereocenters. The van der Waals surface area contributed by atoms with Crippen molar-refractivity contribution in [2.45, 2.75) is 52.0 Å². The van der Waals surface area contributed by atoms with Gasteiger partial charge in [0, 0.05) is 45.2 Å². The van der Waals surface area contributed by atoms with Crippen molar-refractivity contribution in [3.05, 3.63) is 0 Å². The van der Waals surface area contributed by atoms with E-state index in [9.17, 15) is 9.59 Å². The molecule has 0 radical (unpaired) electrons. The van der Waals surface area contributed by atoms with Gasteiger partial charge in [0.05, 0.1) is 0 Å². The van der Waals surface area contributed by atoms with Gasteiger partial charge in [-0.15, -0.1) is 0 Å². The van der Waals surface area contributed by atoms with Gasteiger partial charge in [-0.25, -0.2) is 4.79 Å². The van der Waals surface area contributed by atoms with Crippen molar-refractivity contribution in [2.24, 2.45) is 11.8 Å². The SMILES string of the molecule is CNCC1CCCN1C(=O)CC1CCCN(C(=O)NCC(C)C)C1. The summed E-state index contributed by atoms with van der Waals surface area (Å²) in [6.07, 6.45) is 4.82. The van der Waals surface area contributed by atoms with Crippen molar-refractivity contribution in [3.8, 4) is 0 Å². The van der Waals surface area contributed by atoms with Crippen LogP contribution < -0.4 is 10.6 Å². The lowest BCUT2D eigenvalue weighted by molar-refractivity contribution is -0.133. The number of likely N-dealkylation sites (N-methyl/N-ethyl adjacent to an activating group) is 1. The highest BCUT2D eigenvalue weighted by Gasteiger charge is 2.31. The topological polar surface area (TPSA) is 64.7 Å². The Kier molecular flexibility index (Phi) is 7.34. The van der Waals surface area contributed by atoms with E-state index in [4.69, 9.17) is 0 Å². The summed E-state index contributed by atoms with van der Waals surface area (Å²) in [6.45, 7) is 8.17. The van der Waals surface area contributed by atoms with E-state index >= 15 is 0 Å². The second-order valence-corrected chi connectivity index (χ2v) is 7.68. The summed E-state index contributed by atoms with van der Waals surface area (Å²) in [4.78, 5) is 28.8. The number of hydrogen-bond acceptors (Lipinski definition) is 3. The number of amides is 3. The molecule has 2 fully saturated rings. The summed E-state index contributed by atoms with van der Waals surface area (Å²) in [6, 6.07) is 0.367. The predicted molar refractivity (Wildman–Crippen MR) is 95.8 cm³/mol.